The van der Waals surface area contributed by atoms with Gasteiger partial charge in [0.15, 0.2) is 5.82 Å². The molecule has 2 aromatic rings. The Morgan fingerprint density at radius 3 is 3.18 bits per heavy atom. The van der Waals surface area contributed by atoms with Crippen LogP contribution in [0.3, 0.4) is 0 Å². The highest BCUT2D eigenvalue weighted by molar-refractivity contribution is 7.17. The molecule has 2 aromatic heterocycles. The van der Waals surface area contributed by atoms with Crippen LogP contribution in [-0.2, 0) is 0 Å². The van der Waals surface area contributed by atoms with Crippen LogP contribution in [0.5, 0.6) is 0 Å². The zero-order valence-corrected chi connectivity index (χ0v) is 11.3. The number of hydrogen-bond acceptors (Lipinski definition) is 4. The normalized spacial score (nSPS) is 21.1. The van der Waals surface area contributed by atoms with Gasteiger partial charge < -0.3 is 4.90 Å². The first-order valence-corrected chi connectivity index (χ1v) is 7.15. The van der Waals surface area contributed by atoms with Gasteiger partial charge in [0.25, 0.3) is 0 Å². The minimum atomic E-state index is 0.351. The summed E-state index contributed by atoms with van der Waals surface area (Å²) in [4.78, 5) is 11.0. The zero-order valence-electron chi connectivity index (χ0n) is 9.69. The number of piperidine rings is 1. The molecule has 3 nitrogen and oxygen atoms in total. The minimum Gasteiger partial charge on any atom is -0.355 e. The molecule has 1 aliphatic rings. The molecule has 0 N–H and O–H groups in total. The van der Waals surface area contributed by atoms with Crippen molar-refractivity contribution in [3.05, 3.63) is 16.7 Å². The maximum Gasteiger partial charge on any atom is 0.224 e. The molecule has 0 saturated carbocycles. The Morgan fingerprint density at radius 1 is 1.47 bits per heavy atom. The fraction of sp³-hybridized carbons (Fsp3) is 0.500. The van der Waals surface area contributed by atoms with Gasteiger partial charge in [-0.05, 0) is 41.8 Å². The third-order valence-electron chi connectivity index (χ3n) is 3.21. The van der Waals surface area contributed by atoms with Crippen molar-refractivity contribution in [2.45, 2.75) is 19.8 Å². The number of nitrogens with zero attached hydrogens (tertiary/aromatic N) is 3. The van der Waals surface area contributed by atoms with E-state index in [0.717, 1.165) is 35.0 Å². The summed E-state index contributed by atoms with van der Waals surface area (Å²) in [6.07, 6.45) is 2.54. The Labute approximate surface area is 109 Å². The molecule has 90 valence electrons. The van der Waals surface area contributed by atoms with Crippen LogP contribution >= 0.6 is 22.9 Å². The lowest BCUT2D eigenvalue weighted by atomic mass is 10.0. The number of thiophene rings is 1. The van der Waals surface area contributed by atoms with E-state index in [2.05, 4.69) is 21.8 Å². The van der Waals surface area contributed by atoms with Crippen LogP contribution in [0.2, 0.25) is 5.28 Å². The van der Waals surface area contributed by atoms with E-state index in [1.54, 1.807) is 11.3 Å². The first-order chi connectivity index (χ1) is 8.24. The molecule has 0 aromatic carbocycles. The summed E-state index contributed by atoms with van der Waals surface area (Å²) >= 11 is 7.68. The van der Waals surface area contributed by atoms with Crippen LogP contribution in [0.1, 0.15) is 19.8 Å². The lowest BCUT2D eigenvalue weighted by molar-refractivity contribution is 0.445. The van der Waals surface area contributed by atoms with E-state index in [-0.39, 0.29) is 0 Å². The van der Waals surface area contributed by atoms with E-state index >= 15 is 0 Å². The van der Waals surface area contributed by atoms with Crippen molar-refractivity contribution in [1.29, 1.82) is 0 Å². The zero-order chi connectivity index (χ0) is 11.8. The summed E-state index contributed by atoms with van der Waals surface area (Å²) in [6, 6.07) is 2.00. The Morgan fingerprint density at radius 2 is 2.35 bits per heavy atom. The van der Waals surface area contributed by atoms with E-state index in [0.29, 0.717) is 5.28 Å². The lowest BCUT2D eigenvalue weighted by Crippen LogP contribution is -2.34. The average molecular weight is 268 g/mol. The Kier molecular flexibility index (Phi) is 2.92. The fourth-order valence-corrected chi connectivity index (χ4v) is 3.44. The number of rotatable bonds is 1. The molecule has 1 unspecified atom stereocenters. The van der Waals surface area contributed by atoms with E-state index in [1.807, 2.05) is 11.4 Å². The summed E-state index contributed by atoms with van der Waals surface area (Å²) in [6.45, 7) is 4.44. The molecule has 1 saturated heterocycles. The monoisotopic (exact) mass is 267 g/mol. The van der Waals surface area contributed by atoms with Crippen LogP contribution in [0.25, 0.3) is 10.2 Å². The van der Waals surface area contributed by atoms with Crippen molar-refractivity contribution in [1.82, 2.24) is 9.97 Å². The lowest BCUT2D eigenvalue weighted by Gasteiger charge is -2.32. The topological polar surface area (TPSA) is 29.0 Å². The van der Waals surface area contributed by atoms with Gasteiger partial charge in [0.05, 0.1) is 10.2 Å². The molecule has 3 rings (SSSR count). The summed E-state index contributed by atoms with van der Waals surface area (Å²) in [5, 5.41) is 2.40. The summed E-state index contributed by atoms with van der Waals surface area (Å²) in [5.74, 6) is 1.74. The summed E-state index contributed by atoms with van der Waals surface area (Å²) < 4.78 is 1.16. The smallest absolute Gasteiger partial charge is 0.224 e. The molecule has 1 aliphatic heterocycles. The number of anilines is 1. The second-order valence-corrected chi connectivity index (χ2v) is 5.90. The highest BCUT2D eigenvalue weighted by Crippen LogP contribution is 2.32. The summed E-state index contributed by atoms with van der Waals surface area (Å²) in [5.41, 5.74) is 0.961. The van der Waals surface area contributed by atoms with Crippen molar-refractivity contribution < 1.29 is 0 Å². The predicted octanol–water partition coefficient (Wildman–Crippen LogP) is 3.58. The minimum absolute atomic E-state index is 0.351. The molecule has 5 heteroatoms. The Bertz CT molecular complexity index is 540. The maximum absolute atomic E-state index is 5.99. The van der Waals surface area contributed by atoms with E-state index in [9.17, 15) is 0 Å². The molecular weight excluding hydrogens is 254 g/mol. The molecule has 3 heterocycles. The van der Waals surface area contributed by atoms with Gasteiger partial charge in [-0.25, -0.2) is 4.98 Å². The molecule has 1 fully saturated rings. The molecule has 0 spiro atoms. The van der Waals surface area contributed by atoms with Crippen LogP contribution in [0.15, 0.2) is 11.4 Å². The standard InChI is InChI=1S/C12H14ClN3S/c1-8-3-2-5-16(7-8)11-10-9(4-6-17-10)14-12(13)15-11/h4,6,8H,2-3,5,7H2,1H3. The van der Waals surface area contributed by atoms with Crippen molar-refractivity contribution in [2.75, 3.05) is 18.0 Å². The largest absolute Gasteiger partial charge is 0.355 e. The van der Waals surface area contributed by atoms with Crippen LogP contribution in [0.4, 0.5) is 5.82 Å². The van der Waals surface area contributed by atoms with Gasteiger partial charge in [-0.15, -0.1) is 11.3 Å². The van der Waals surface area contributed by atoms with Crippen molar-refractivity contribution in [3.63, 3.8) is 0 Å². The molecule has 0 amide bonds. The van der Waals surface area contributed by atoms with E-state index in [4.69, 9.17) is 11.6 Å². The molecule has 17 heavy (non-hydrogen) atoms. The van der Waals surface area contributed by atoms with Gasteiger partial charge in [-0.2, -0.15) is 4.98 Å². The third-order valence-corrected chi connectivity index (χ3v) is 4.28. The van der Waals surface area contributed by atoms with Gasteiger partial charge in [0.2, 0.25) is 5.28 Å². The van der Waals surface area contributed by atoms with Gasteiger partial charge in [0.1, 0.15) is 0 Å². The third kappa shape index (κ3) is 2.11. The quantitative estimate of drug-likeness (QED) is 0.740. The molecular formula is C12H14ClN3S. The second kappa shape index (κ2) is 4.42. The number of hydrogen-bond donors (Lipinski definition) is 0. The first-order valence-electron chi connectivity index (χ1n) is 5.90. The number of aromatic nitrogens is 2. The van der Waals surface area contributed by atoms with Gasteiger partial charge in [-0.1, -0.05) is 6.92 Å². The number of halogens is 1. The maximum atomic E-state index is 5.99. The van der Waals surface area contributed by atoms with E-state index < -0.39 is 0 Å². The van der Waals surface area contributed by atoms with Crippen LogP contribution in [0, 0.1) is 5.92 Å². The van der Waals surface area contributed by atoms with E-state index in [1.165, 1.54) is 12.8 Å². The fourth-order valence-electron chi connectivity index (χ4n) is 2.42. The highest BCUT2D eigenvalue weighted by Gasteiger charge is 2.20. The van der Waals surface area contributed by atoms with Crippen molar-refractivity contribution >= 4 is 39.0 Å². The Hall–Kier alpha value is -0.870. The SMILES string of the molecule is CC1CCCN(c2nc(Cl)nc3ccsc23)C1. The Balaban J connectivity index is 2.06. The van der Waals surface area contributed by atoms with Gasteiger partial charge in [-0.3, -0.25) is 0 Å². The molecule has 1 atom stereocenters. The number of fused-ring (bicyclic) bond motifs is 1. The highest BCUT2D eigenvalue weighted by atomic mass is 35.5. The molecule has 0 radical (unpaired) electrons. The molecule has 0 bridgehead atoms. The van der Waals surface area contributed by atoms with Crippen LogP contribution in [-0.4, -0.2) is 23.1 Å². The van der Waals surface area contributed by atoms with Gasteiger partial charge >= 0.3 is 0 Å². The van der Waals surface area contributed by atoms with Crippen molar-refractivity contribution in [3.8, 4) is 0 Å². The van der Waals surface area contributed by atoms with Crippen LogP contribution < -0.4 is 4.90 Å². The summed E-state index contributed by atoms with van der Waals surface area (Å²) in [7, 11) is 0. The molecule has 0 aliphatic carbocycles. The first kappa shape index (κ1) is 11.2. The second-order valence-electron chi connectivity index (χ2n) is 4.64. The average Bonchev–Trinajstić information content (AvgIpc) is 2.75. The van der Waals surface area contributed by atoms with Gasteiger partial charge in [0, 0.05) is 13.1 Å². The van der Waals surface area contributed by atoms with Crippen molar-refractivity contribution in [2.24, 2.45) is 5.92 Å². The predicted molar refractivity (Wildman–Crippen MR) is 73.0 cm³/mol.